The van der Waals surface area contributed by atoms with Gasteiger partial charge in [0.15, 0.2) is 0 Å². The van der Waals surface area contributed by atoms with Crippen molar-refractivity contribution in [3.05, 3.63) is 56.3 Å². The predicted molar refractivity (Wildman–Crippen MR) is 105 cm³/mol. The molecular weight excluding hydrogens is 382 g/mol. The van der Waals surface area contributed by atoms with Crippen LogP contribution in [-0.2, 0) is 9.47 Å². The van der Waals surface area contributed by atoms with Crippen LogP contribution < -0.4 is 4.90 Å². The Labute approximate surface area is 166 Å². The lowest BCUT2D eigenvalue weighted by Crippen LogP contribution is -2.41. The third-order valence-electron chi connectivity index (χ3n) is 4.99. The van der Waals surface area contributed by atoms with E-state index < -0.39 is 4.92 Å². The molecule has 1 amide bonds. The second-order valence-electron chi connectivity index (χ2n) is 6.69. The van der Waals surface area contributed by atoms with E-state index in [2.05, 4.69) is 0 Å². The first-order chi connectivity index (χ1) is 13.6. The fourth-order valence-electron chi connectivity index (χ4n) is 3.53. The molecule has 28 heavy (non-hydrogen) atoms. The van der Waals surface area contributed by atoms with Gasteiger partial charge in [-0.2, -0.15) is 0 Å². The third kappa shape index (κ3) is 3.87. The number of carbonyl (C=O) groups is 1. The monoisotopic (exact) mass is 403 g/mol. The normalized spacial score (nSPS) is 20.2. The summed E-state index contributed by atoms with van der Waals surface area (Å²) in [5.74, 6) is -0.198. The number of rotatable bonds is 4. The van der Waals surface area contributed by atoms with Crippen molar-refractivity contribution in [3.63, 3.8) is 0 Å². The molecule has 2 fully saturated rings. The minimum atomic E-state index is -0.416. The first-order valence-corrected chi connectivity index (χ1v) is 10.1. The topological polar surface area (TPSA) is 85.2 Å². The van der Waals surface area contributed by atoms with Gasteiger partial charge in [0, 0.05) is 42.7 Å². The Hall–Kier alpha value is -2.49. The Kier molecular flexibility index (Phi) is 5.56. The first-order valence-electron chi connectivity index (χ1n) is 9.19. The van der Waals surface area contributed by atoms with Crippen molar-refractivity contribution in [2.45, 2.75) is 6.10 Å². The van der Waals surface area contributed by atoms with Gasteiger partial charge in [-0.25, -0.2) is 0 Å². The molecule has 3 heterocycles. The number of carbonyl (C=O) groups excluding carboxylic acids is 1. The molecule has 1 unspecified atom stereocenters. The third-order valence-corrected chi connectivity index (χ3v) is 5.95. The highest BCUT2D eigenvalue weighted by Gasteiger charge is 2.29. The molecule has 0 aliphatic carbocycles. The van der Waals surface area contributed by atoms with Gasteiger partial charge in [-0.15, -0.1) is 11.3 Å². The Morgan fingerprint density at radius 3 is 2.71 bits per heavy atom. The smallest absolute Gasteiger partial charge is 0.293 e. The van der Waals surface area contributed by atoms with Gasteiger partial charge in [-0.3, -0.25) is 14.9 Å². The van der Waals surface area contributed by atoms with Gasteiger partial charge in [-0.05, 0) is 23.6 Å². The quantitative estimate of drug-likeness (QED) is 0.576. The molecule has 4 rings (SSSR count). The first kappa shape index (κ1) is 18.9. The van der Waals surface area contributed by atoms with Crippen LogP contribution in [0.15, 0.2) is 35.7 Å². The van der Waals surface area contributed by atoms with Crippen LogP contribution >= 0.6 is 11.3 Å². The summed E-state index contributed by atoms with van der Waals surface area (Å²) in [5.41, 5.74) is 0.805. The van der Waals surface area contributed by atoms with Crippen LogP contribution in [0.3, 0.4) is 0 Å². The second kappa shape index (κ2) is 8.26. The van der Waals surface area contributed by atoms with E-state index in [9.17, 15) is 14.9 Å². The zero-order valence-corrected chi connectivity index (χ0v) is 16.1. The zero-order chi connectivity index (χ0) is 19.5. The zero-order valence-electron chi connectivity index (χ0n) is 15.3. The van der Waals surface area contributed by atoms with Gasteiger partial charge in [0.25, 0.3) is 11.6 Å². The van der Waals surface area contributed by atoms with Gasteiger partial charge in [0.2, 0.25) is 0 Å². The highest BCUT2D eigenvalue weighted by atomic mass is 32.1. The van der Waals surface area contributed by atoms with Crippen molar-refractivity contribution < 1.29 is 19.2 Å². The average molecular weight is 403 g/mol. The molecule has 2 aromatic rings. The van der Waals surface area contributed by atoms with Crippen molar-refractivity contribution in [3.8, 4) is 0 Å². The Bertz CT molecular complexity index is 851. The molecule has 9 heteroatoms. The molecule has 0 saturated carbocycles. The number of thiophene rings is 1. The van der Waals surface area contributed by atoms with E-state index in [-0.39, 0.29) is 17.7 Å². The number of ether oxygens (including phenoxy) is 2. The van der Waals surface area contributed by atoms with Crippen LogP contribution in [0.1, 0.15) is 21.3 Å². The Morgan fingerprint density at radius 2 is 2.00 bits per heavy atom. The number of nitrogens with zero attached hydrogens (tertiary/aromatic N) is 3. The predicted octanol–water partition coefficient (Wildman–Crippen LogP) is 2.71. The van der Waals surface area contributed by atoms with Crippen LogP contribution in [-0.4, -0.2) is 61.7 Å². The van der Waals surface area contributed by atoms with Gasteiger partial charge in [0.05, 0.1) is 24.7 Å². The van der Waals surface area contributed by atoms with E-state index in [1.807, 2.05) is 22.4 Å². The molecule has 2 aliphatic heterocycles. The minimum absolute atomic E-state index is 0.0501. The van der Waals surface area contributed by atoms with E-state index in [1.54, 1.807) is 28.4 Å². The van der Waals surface area contributed by atoms with Gasteiger partial charge < -0.3 is 19.3 Å². The SMILES string of the molecule is O=C(c1ccc(N2CCOC(c3cccs3)C2)c([N+](=O)[O-])c1)N1CCOCC1. The van der Waals surface area contributed by atoms with Crippen LogP contribution in [0.25, 0.3) is 0 Å². The highest BCUT2D eigenvalue weighted by molar-refractivity contribution is 7.10. The molecule has 0 N–H and O–H groups in total. The summed E-state index contributed by atoms with van der Waals surface area (Å²) < 4.78 is 11.1. The van der Waals surface area contributed by atoms with Crippen molar-refractivity contribution in [1.29, 1.82) is 0 Å². The summed E-state index contributed by atoms with van der Waals surface area (Å²) in [6.45, 7) is 3.58. The van der Waals surface area contributed by atoms with Crippen molar-refractivity contribution >= 4 is 28.6 Å². The van der Waals surface area contributed by atoms with E-state index in [0.29, 0.717) is 57.3 Å². The average Bonchev–Trinajstić information content (AvgIpc) is 3.28. The number of morpholine rings is 2. The molecule has 8 nitrogen and oxygen atoms in total. The number of benzene rings is 1. The van der Waals surface area contributed by atoms with Crippen molar-refractivity contribution in [1.82, 2.24) is 4.90 Å². The number of hydrogen-bond donors (Lipinski definition) is 0. The lowest BCUT2D eigenvalue weighted by atomic mass is 10.1. The lowest BCUT2D eigenvalue weighted by Gasteiger charge is -2.34. The van der Waals surface area contributed by atoms with Crippen LogP contribution in [0.2, 0.25) is 0 Å². The molecule has 1 aromatic heterocycles. The van der Waals surface area contributed by atoms with Crippen LogP contribution in [0, 0.1) is 10.1 Å². The molecule has 1 atom stereocenters. The Morgan fingerprint density at radius 1 is 1.18 bits per heavy atom. The summed E-state index contributed by atoms with van der Waals surface area (Å²) in [4.78, 5) is 28.7. The maximum absolute atomic E-state index is 12.7. The highest BCUT2D eigenvalue weighted by Crippen LogP contribution is 2.34. The maximum Gasteiger partial charge on any atom is 0.293 e. The van der Waals surface area contributed by atoms with Crippen LogP contribution in [0.5, 0.6) is 0 Å². The number of amides is 1. The van der Waals surface area contributed by atoms with Gasteiger partial charge >= 0.3 is 0 Å². The molecular formula is C19H21N3O5S. The fourth-order valence-corrected chi connectivity index (χ4v) is 4.30. The standard InChI is InChI=1S/C19H21N3O5S/c23-19(20-5-8-26-9-6-20)14-3-4-15(16(12-14)22(24)25)21-7-10-27-17(13-21)18-2-1-11-28-18/h1-4,11-12,17H,5-10,13H2. The van der Waals surface area contributed by atoms with Crippen molar-refractivity contribution in [2.75, 3.05) is 50.9 Å². The van der Waals surface area contributed by atoms with Crippen molar-refractivity contribution in [2.24, 2.45) is 0 Å². The molecule has 2 aliphatic rings. The molecule has 0 spiro atoms. The molecule has 1 aromatic carbocycles. The van der Waals surface area contributed by atoms with Crippen LogP contribution in [0.4, 0.5) is 11.4 Å². The Balaban J connectivity index is 1.58. The summed E-state index contributed by atoms with van der Waals surface area (Å²) in [7, 11) is 0. The molecule has 0 bridgehead atoms. The molecule has 0 radical (unpaired) electrons. The molecule has 148 valence electrons. The maximum atomic E-state index is 12.7. The lowest BCUT2D eigenvalue weighted by molar-refractivity contribution is -0.384. The summed E-state index contributed by atoms with van der Waals surface area (Å²) in [6, 6.07) is 8.73. The number of hydrogen-bond acceptors (Lipinski definition) is 7. The van der Waals surface area contributed by atoms with Gasteiger partial charge in [-0.1, -0.05) is 6.07 Å². The van der Waals surface area contributed by atoms with Gasteiger partial charge in [0.1, 0.15) is 11.8 Å². The van der Waals surface area contributed by atoms with E-state index in [4.69, 9.17) is 9.47 Å². The largest absolute Gasteiger partial charge is 0.378 e. The van der Waals surface area contributed by atoms with E-state index in [0.717, 1.165) is 4.88 Å². The number of anilines is 1. The van der Waals surface area contributed by atoms with E-state index >= 15 is 0 Å². The fraction of sp³-hybridized carbons (Fsp3) is 0.421. The summed E-state index contributed by atoms with van der Waals surface area (Å²) in [6.07, 6.45) is -0.108. The summed E-state index contributed by atoms with van der Waals surface area (Å²) >= 11 is 1.61. The number of nitro groups is 1. The minimum Gasteiger partial charge on any atom is -0.378 e. The molecule has 2 saturated heterocycles. The van der Waals surface area contributed by atoms with E-state index in [1.165, 1.54) is 6.07 Å². The second-order valence-corrected chi connectivity index (χ2v) is 7.67. The summed E-state index contributed by atoms with van der Waals surface area (Å²) in [5, 5.41) is 13.7. The number of nitro benzene ring substituents is 1.